The van der Waals surface area contributed by atoms with Crippen LogP contribution in [-0.4, -0.2) is 52.7 Å². The van der Waals surface area contributed by atoms with Crippen LogP contribution >= 0.6 is 23.2 Å². The Kier molecular flexibility index (Phi) is 6.72. The van der Waals surface area contributed by atoms with Gasteiger partial charge in [0.1, 0.15) is 11.6 Å². The third-order valence-electron chi connectivity index (χ3n) is 8.08. The number of rotatable bonds is 5. The fourth-order valence-electron chi connectivity index (χ4n) is 6.14. The quantitative estimate of drug-likeness (QED) is 0.278. The van der Waals surface area contributed by atoms with Gasteiger partial charge in [0.2, 0.25) is 15.9 Å². The van der Waals surface area contributed by atoms with E-state index in [0.29, 0.717) is 48.1 Å². The van der Waals surface area contributed by atoms with Gasteiger partial charge < -0.3 is 14.0 Å². The van der Waals surface area contributed by atoms with Crippen LogP contribution in [0.2, 0.25) is 10.0 Å². The first-order valence-corrected chi connectivity index (χ1v) is 15.7. The van der Waals surface area contributed by atoms with E-state index in [4.69, 9.17) is 32.7 Å². The van der Waals surface area contributed by atoms with Crippen molar-refractivity contribution < 1.29 is 17.7 Å². The molecular formula is C28H29Cl2N5O4S. The molecule has 2 aromatic heterocycles. The molecule has 12 heteroatoms. The molecule has 0 spiro atoms. The number of aromatic nitrogens is 3. The van der Waals surface area contributed by atoms with Gasteiger partial charge in [-0.3, -0.25) is 4.79 Å². The minimum atomic E-state index is -3.34. The lowest BCUT2D eigenvalue weighted by Gasteiger charge is -2.28. The first-order valence-electron chi connectivity index (χ1n) is 13.1. The third kappa shape index (κ3) is 4.41. The summed E-state index contributed by atoms with van der Waals surface area (Å²) < 4.78 is 33.8. The lowest BCUT2D eigenvalue weighted by molar-refractivity contribution is -0.117. The van der Waals surface area contributed by atoms with Crippen LogP contribution in [-0.2, 0) is 14.8 Å². The molecule has 210 valence electrons. The van der Waals surface area contributed by atoms with E-state index in [1.54, 1.807) is 11.0 Å². The molecule has 0 saturated carbocycles. The largest absolute Gasteiger partial charge is 0.361 e. The van der Waals surface area contributed by atoms with Crippen molar-refractivity contribution in [2.24, 2.45) is 0 Å². The van der Waals surface area contributed by atoms with E-state index in [1.807, 2.05) is 45.0 Å². The summed E-state index contributed by atoms with van der Waals surface area (Å²) in [5.41, 5.74) is 5.71. The van der Waals surface area contributed by atoms with Crippen molar-refractivity contribution in [3.63, 3.8) is 0 Å². The Bertz CT molecular complexity index is 1760. The number of anilines is 1. The Labute approximate surface area is 242 Å². The van der Waals surface area contributed by atoms with Crippen LogP contribution in [0.25, 0.3) is 22.2 Å². The highest BCUT2D eigenvalue weighted by Crippen LogP contribution is 2.44. The van der Waals surface area contributed by atoms with Gasteiger partial charge in [-0.2, -0.15) is 0 Å². The second-order valence-electron chi connectivity index (χ2n) is 10.6. The minimum Gasteiger partial charge on any atom is -0.361 e. The number of imidazole rings is 1. The van der Waals surface area contributed by atoms with Crippen molar-refractivity contribution in [2.75, 3.05) is 24.2 Å². The molecule has 4 heterocycles. The summed E-state index contributed by atoms with van der Waals surface area (Å²) in [6.07, 6.45) is 2.81. The average Bonchev–Trinajstić information content (AvgIpc) is 3.67. The highest BCUT2D eigenvalue weighted by atomic mass is 35.5. The number of aryl methyl sites for hydroxylation is 2. The molecule has 2 aliphatic heterocycles. The predicted molar refractivity (Wildman–Crippen MR) is 155 cm³/mol. The molecule has 0 unspecified atom stereocenters. The average molecular weight is 603 g/mol. The van der Waals surface area contributed by atoms with Crippen molar-refractivity contribution >= 4 is 55.9 Å². The maximum atomic E-state index is 13.3. The SMILES string of the molecule is Cc1noc(C)c1-c1ccc2c(c1)nc([C@@H]1CCC(=O)N1c1ccc(Cl)c(Cl)c1C)n2[C@@H]1CCN(S(C)(=O)=O)C1. The van der Waals surface area contributed by atoms with Crippen LogP contribution in [0, 0.1) is 20.8 Å². The standard InChI is InChI=1S/C28H29Cl2N5O4S/c1-15-22(8-6-20(29)27(15)30)35-24(9-10-25(35)36)28-31-21-13-18(26-16(2)32-39-17(26)3)5-7-23(21)34(28)19-11-12-33(14-19)40(4,37)38/h5-8,13,19,24H,9-12,14H2,1-4H3/t19-,24+/m1/s1. The van der Waals surface area contributed by atoms with E-state index >= 15 is 0 Å². The Morgan fingerprint density at radius 3 is 2.52 bits per heavy atom. The summed E-state index contributed by atoms with van der Waals surface area (Å²) in [6.45, 7) is 6.41. The van der Waals surface area contributed by atoms with E-state index in [0.717, 1.165) is 45.0 Å². The van der Waals surface area contributed by atoms with Gasteiger partial charge in [-0.1, -0.05) is 34.4 Å². The maximum Gasteiger partial charge on any atom is 0.227 e. The highest BCUT2D eigenvalue weighted by molar-refractivity contribution is 7.88. The second kappa shape index (κ2) is 9.87. The van der Waals surface area contributed by atoms with Gasteiger partial charge in [-0.05, 0) is 69.0 Å². The molecule has 4 aromatic rings. The summed E-state index contributed by atoms with van der Waals surface area (Å²) >= 11 is 12.7. The molecule has 6 rings (SSSR count). The predicted octanol–water partition coefficient (Wildman–Crippen LogP) is 6.00. The molecule has 2 fully saturated rings. The molecule has 0 aliphatic carbocycles. The monoisotopic (exact) mass is 601 g/mol. The summed E-state index contributed by atoms with van der Waals surface area (Å²) in [4.78, 5) is 20.2. The molecule has 1 amide bonds. The number of nitrogens with zero attached hydrogens (tertiary/aromatic N) is 5. The van der Waals surface area contributed by atoms with Crippen LogP contribution in [0.1, 0.15) is 54.2 Å². The Balaban J connectivity index is 1.53. The smallest absolute Gasteiger partial charge is 0.227 e. The fourth-order valence-corrected chi connectivity index (χ4v) is 7.39. The summed E-state index contributed by atoms with van der Waals surface area (Å²) in [7, 11) is -3.34. The Morgan fingerprint density at radius 2 is 1.85 bits per heavy atom. The van der Waals surface area contributed by atoms with Crippen molar-refractivity contribution in [1.82, 2.24) is 19.0 Å². The Morgan fingerprint density at radius 1 is 1.07 bits per heavy atom. The zero-order valence-electron chi connectivity index (χ0n) is 22.6. The van der Waals surface area contributed by atoms with Gasteiger partial charge >= 0.3 is 0 Å². The van der Waals surface area contributed by atoms with Gasteiger partial charge in [0, 0.05) is 30.8 Å². The number of hydrogen-bond donors (Lipinski definition) is 0. The van der Waals surface area contributed by atoms with Crippen molar-refractivity contribution in [3.05, 3.63) is 63.2 Å². The number of fused-ring (bicyclic) bond motifs is 1. The van der Waals surface area contributed by atoms with Crippen LogP contribution in [0.4, 0.5) is 5.69 Å². The van der Waals surface area contributed by atoms with E-state index < -0.39 is 10.0 Å². The molecular weight excluding hydrogens is 573 g/mol. The van der Waals surface area contributed by atoms with Crippen LogP contribution < -0.4 is 4.90 Å². The molecule has 0 radical (unpaired) electrons. The molecule has 2 atom stereocenters. The van der Waals surface area contributed by atoms with Gasteiger partial charge in [0.05, 0.1) is 45.1 Å². The molecule has 40 heavy (non-hydrogen) atoms. The van der Waals surface area contributed by atoms with Crippen LogP contribution in [0.5, 0.6) is 0 Å². The molecule has 9 nitrogen and oxygen atoms in total. The number of hydrogen-bond acceptors (Lipinski definition) is 6. The summed E-state index contributed by atoms with van der Waals surface area (Å²) in [5.74, 6) is 1.42. The van der Waals surface area contributed by atoms with Crippen molar-refractivity contribution in [2.45, 2.75) is 52.1 Å². The molecule has 2 aromatic carbocycles. The lowest BCUT2D eigenvalue weighted by Crippen LogP contribution is -2.31. The molecule has 0 N–H and O–H groups in total. The van der Waals surface area contributed by atoms with Crippen molar-refractivity contribution in [1.29, 1.82) is 0 Å². The van der Waals surface area contributed by atoms with Gasteiger partial charge in [-0.15, -0.1) is 0 Å². The first-order chi connectivity index (χ1) is 19.0. The maximum absolute atomic E-state index is 13.3. The van der Waals surface area contributed by atoms with Crippen LogP contribution in [0.3, 0.4) is 0 Å². The fraction of sp³-hybridized carbons (Fsp3) is 0.393. The molecule has 2 saturated heterocycles. The summed E-state index contributed by atoms with van der Waals surface area (Å²) in [5, 5.41) is 4.94. The van der Waals surface area contributed by atoms with E-state index in [9.17, 15) is 13.2 Å². The number of carbonyl (C=O) groups is 1. The van der Waals surface area contributed by atoms with Gasteiger partial charge in [0.25, 0.3) is 0 Å². The first kappa shape index (κ1) is 27.3. The molecule has 0 bridgehead atoms. The minimum absolute atomic E-state index is 0.0225. The lowest BCUT2D eigenvalue weighted by atomic mass is 10.0. The number of carbonyl (C=O) groups excluding carboxylic acids is 1. The number of sulfonamides is 1. The number of halogens is 2. The van der Waals surface area contributed by atoms with E-state index in [1.165, 1.54) is 10.6 Å². The zero-order valence-corrected chi connectivity index (χ0v) is 24.9. The number of benzene rings is 2. The second-order valence-corrected chi connectivity index (χ2v) is 13.4. The number of amides is 1. The normalized spacial score (nSPS) is 20.4. The topological polar surface area (TPSA) is 102 Å². The van der Waals surface area contributed by atoms with Crippen LogP contribution in [0.15, 0.2) is 34.9 Å². The Hall–Kier alpha value is -2.92. The van der Waals surface area contributed by atoms with E-state index in [-0.39, 0.29) is 18.0 Å². The van der Waals surface area contributed by atoms with Gasteiger partial charge in [-0.25, -0.2) is 17.7 Å². The highest BCUT2D eigenvalue weighted by Gasteiger charge is 2.40. The third-order valence-corrected chi connectivity index (χ3v) is 10.2. The molecule has 2 aliphatic rings. The zero-order chi connectivity index (χ0) is 28.5. The van der Waals surface area contributed by atoms with Crippen molar-refractivity contribution in [3.8, 4) is 11.1 Å². The van der Waals surface area contributed by atoms with Gasteiger partial charge in [0.15, 0.2) is 0 Å². The summed E-state index contributed by atoms with van der Waals surface area (Å²) in [6, 6.07) is 9.08. The van der Waals surface area contributed by atoms with E-state index in [2.05, 4.69) is 9.72 Å².